The molecule has 0 saturated carbocycles. The molecule has 0 aliphatic carbocycles. The zero-order chi connectivity index (χ0) is 30.4. The molecule has 4 unspecified atom stereocenters. The van der Waals surface area contributed by atoms with E-state index < -0.39 is 53.8 Å². The van der Waals surface area contributed by atoms with E-state index in [9.17, 15) is 29.1 Å². The van der Waals surface area contributed by atoms with Crippen molar-refractivity contribution in [2.75, 3.05) is 18.6 Å². The number of unbranched alkanes of at least 4 members (excludes halogenated alkanes) is 1. The van der Waals surface area contributed by atoms with E-state index in [1.54, 1.807) is 6.20 Å². The van der Waals surface area contributed by atoms with Crippen molar-refractivity contribution in [2.45, 2.75) is 69.1 Å². The monoisotopic (exact) mass is 592 g/mol. The molecule has 1 heterocycles. The number of H-pyrrole nitrogens is 1. The Kier molecular flexibility index (Phi) is 14.1. The largest absolute Gasteiger partial charge is 0.481 e. The molecule has 1 aromatic carbocycles. The molecule has 0 aliphatic heterocycles. The summed E-state index contributed by atoms with van der Waals surface area (Å²) in [4.78, 5) is 65.3. The van der Waals surface area contributed by atoms with Gasteiger partial charge in [-0.25, -0.2) is 4.79 Å². The standard InChI is InChI=1S/C27H40N6O7S/c1-41-13-11-21(27(39)40)32-25(37)20(8-4-5-12-28)31-26(38)22(33-24(36)18(29)9-10-23(34)35)14-16-15-30-19-7-3-2-6-17(16)19/h2-3,6-7,15,18,20-22,30H,4-5,8-14,28-29H2,1H3,(H,31,38)(H,32,37)(H,33,36)(H,34,35)(H,39,40). The van der Waals surface area contributed by atoms with Crippen LogP contribution in [0.5, 0.6) is 0 Å². The van der Waals surface area contributed by atoms with Crippen LogP contribution in [0.1, 0.15) is 44.1 Å². The number of para-hydroxylation sites is 1. The van der Waals surface area contributed by atoms with Gasteiger partial charge in [0.2, 0.25) is 17.7 Å². The molecule has 2 aromatic rings. The highest BCUT2D eigenvalue weighted by molar-refractivity contribution is 7.98. The minimum atomic E-state index is -1.18. The molecule has 14 heteroatoms. The molecule has 41 heavy (non-hydrogen) atoms. The first-order valence-electron chi connectivity index (χ1n) is 13.4. The topological polar surface area (TPSA) is 230 Å². The Hall–Kier alpha value is -3.62. The van der Waals surface area contributed by atoms with E-state index in [0.717, 1.165) is 16.5 Å². The lowest BCUT2D eigenvalue weighted by Crippen LogP contribution is -2.57. The van der Waals surface area contributed by atoms with Crippen LogP contribution in [0.15, 0.2) is 30.5 Å². The molecule has 0 radical (unpaired) electrons. The van der Waals surface area contributed by atoms with Gasteiger partial charge in [-0.1, -0.05) is 18.2 Å². The third kappa shape index (κ3) is 11.1. The first-order valence-corrected chi connectivity index (χ1v) is 14.8. The summed E-state index contributed by atoms with van der Waals surface area (Å²) in [7, 11) is 0. The van der Waals surface area contributed by atoms with E-state index in [-0.39, 0.29) is 32.1 Å². The Morgan fingerprint density at radius 2 is 1.56 bits per heavy atom. The Bertz CT molecular complexity index is 1190. The van der Waals surface area contributed by atoms with Crippen LogP contribution in [0.4, 0.5) is 0 Å². The molecule has 10 N–H and O–H groups in total. The number of rotatable bonds is 19. The molecule has 0 bridgehead atoms. The smallest absolute Gasteiger partial charge is 0.326 e. The fraction of sp³-hybridized carbons (Fsp3) is 0.519. The maximum absolute atomic E-state index is 13.6. The summed E-state index contributed by atoms with van der Waals surface area (Å²) in [5.74, 6) is -3.80. The summed E-state index contributed by atoms with van der Waals surface area (Å²) >= 11 is 1.45. The number of aromatic amines is 1. The number of thioether (sulfide) groups is 1. The fourth-order valence-electron chi connectivity index (χ4n) is 4.22. The van der Waals surface area contributed by atoms with Crippen LogP contribution in [0.3, 0.4) is 0 Å². The molecule has 0 fully saturated rings. The SMILES string of the molecule is CSCCC(NC(=O)C(CCCCN)NC(=O)C(Cc1c[nH]c2ccccc12)NC(=O)C(N)CCC(=O)O)C(=O)O. The van der Waals surface area contributed by atoms with Crippen molar-refractivity contribution >= 4 is 52.3 Å². The maximum atomic E-state index is 13.6. The van der Waals surface area contributed by atoms with E-state index in [1.165, 1.54) is 11.8 Å². The number of carboxylic acid groups (broad SMARTS) is 2. The third-order valence-electron chi connectivity index (χ3n) is 6.54. The van der Waals surface area contributed by atoms with Gasteiger partial charge in [0.15, 0.2) is 0 Å². The second-order valence-electron chi connectivity index (χ2n) is 9.69. The highest BCUT2D eigenvalue weighted by atomic mass is 32.2. The van der Waals surface area contributed by atoms with E-state index in [0.29, 0.717) is 25.1 Å². The fourth-order valence-corrected chi connectivity index (χ4v) is 4.69. The molecular formula is C27H40N6O7S. The molecule has 3 amide bonds. The summed E-state index contributed by atoms with van der Waals surface area (Å²) in [6, 6.07) is 2.89. The van der Waals surface area contributed by atoms with E-state index >= 15 is 0 Å². The summed E-state index contributed by atoms with van der Waals surface area (Å²) in [6.07, 6.45) is 4.64. The molecule has 13 nitrogen and oxygen atoms in total. The highest BCUT2D eigenvalue weighted by Gasteiger charge is 2.30. The maximum Gasteiger partial charge on any atom is 0.326 e. The van der Waals surface area contributed by atoms with Crippen molar-refractivity contribution in [3.05, 3.63) is 36.0 Å². The molecule has 0 saturated heterocycles. The third-order valence-corrected chi connectivity index (χ3v) is 7.19. The Morgan fingerprint density at radius 1 is 0.902 bits per heavy atom. The van der Waals surface area contributed by atoms with Gasteiger partial charge < -0.3 is 42.6 Å². The molecule has 4 atom stereocenters. The molecule has 1 aromatic heterocycles. The average Bonchev–Trinajstić information content (AvgIpc) is 3.35. The number of hydrogen-bond acceptors (Lipinski definition) is 8. The highest BCUT2D eigenvalue weighted by Crippen LogP contribution is 2.19. The van der Waals surface area contributed by atoms with Gasteiger partial charge in [0.1, 0.15) is 18.1 Å². The first kappa shape index (κ1) is 33.6. The number of nitrogens with one attached hydrogen (secondary N) is 4. The number of aromatic nitrogens is 1. The van der Waals surface area contributed by atoms with Gasteiger partial charge in [0, 0.05) is 29.9 Å². The summed E-state index contributed by atoms with van der Waals surface area (Å²) < 4.78 is 0. The van der Waals surface area contributed by atoms with Crippen LogP contribution in [0.2, 0.25) is 0 Å². The van der Waals surface area contributed by atoms with Gasteiger partial charge in [-0.2, -0.15) is 11.8 Å². The zero-order valence-corrected chi connectivity index (χ0v) is 23.9. The summed E-state index contributed by atoms with van der Waals surface area (Å²) in [5.41, 5.74) is 13.0. The van der Waals surface area contributed by atoms with E-state index in [1.807, 2.05) is 30.5 Å². The van der Waals surface area contributed by atoms with Crippen molar-refractivity contribution < 1.29 is 34.2 Å². The van der Waals surface area contributed by atoms with Crippen LogP contribution in [-0.4, -0.2) is 87.6 Å². The van der Waals surface area contributed by atoms with Crippen molar-refractivity contribution in [1.29, 1.82) is 0 Å². The molecule has 0 aliphatic rings. The van der Waals surface area contributed by atoms with Gasteiger partial charge in [-0.3, -0.25) is 19.2 Å². The summed E-state index contributed by atoms with van der Waals surface area (Å²) in [6.45, 7) is 0.376. The molecular weight excluding hydrogens is 552 g/mol. The van der Waals surface area contributed by atoms with E-state index in [4.69, 9.17) is 16.6 Å². The number of hydrogen-bond donors (Lipinski definition) is 8. The predicted molar refractivity (Wildman–Crippen MR) is 156 cm³/mol. The second kappa shape index (κ2) is 17.3. The Labute approximate surface area is 242 Å². The van der Waals surface area contributed by atoms with Crippen LogP contribution in [0.25, 0.3) is 10.9 Å². The van der Waals surface area contributed by atoms with Crippen LogP contribution >= 0.6 is 11.8 Å². The van der Waals surface area contributed by atoms with Gasteiger partial charge in [-0.15, -0.1) is 0 Å². The number of carbonyl (C=O) groups excluding carboxylic acids is 3. The second-order valence-corrected chi connectivity index (χ2v) is 10.7. The number of fused-ring (bicyclic) bond motifs is 1. The van der Waals surface area contributed by atoms with Crippen LogP contribution in [-0.2, 0) is 30.4 Å². The Morgan fingerprint density at radius 3 is 2.22 bits per heavy atom. The average molecular weight is 593 g/mol. The summed E-state index contributed by atoms with van der Waals surface area (Å²) in [5, 5.41) is 27.1. The number of carbonyl (C=O) groups is 5. The number of aliphatic carboxylic acids is 2. The lowest BCUT2D eigenvalue weighted by molar-refractivity contribution is -0.142. The van der Waals surface area contributed by atoms with Crippen molar-refractivity contribution in [2.24, 2.45) is 11.5 Å². The van der Waals surface area contributed by atoms with Crippen molar-refractivity contribution in [3.8, 4) is 0 Å². The van der Waals surface area contributed by atoms with Crippen LogP contribution < -0.4 is 27.4 Å². The normalized spacial score (nSPS) is 14.0. The number of amides is 3. The Balaban J connectivity index is 2.28. The molecule has 0 spiro atoms. The van der Waals surface area contributed by atoms with Gasteiger partial charge in [-0.05, 0) is 62.3 Å². The van der Waals surface area contributed by atoms with Gasteiger partial charge >= 0.3 is 11.9 Å². The predicted octanol–water partition coefficient (Wildman–Crippen LogP) is 0.324. The van der Waals surface area contributed by atoms with Gasteiger partial charge in [0.05, 0.1) is 6.04 Å². The molecule has 2 rings (SSSR count). The van der Waals surface area contributed by atoms with Gasteiger partial charge in [0.25, 0.3) is 0 Å². The lowest BCUT2D eigenvalue weighted by Gasteiger charge is -2.25. The minimum absolute atomic E-state index is 0.0514. The number of carboxylic acids is 2. The number of nitrogens with two attached hydrogens (primary N) is 2. The zero-order valence-electron chi connectivity index (χ0n) is 23.1. The lowest BCUT2D eigenvalue weighted by atomic mass is 10.0. The first-order chi connectivity index (χ1) is 19.6. The minimum Gasteiger partial charge on any atom is -0.481 e. The van der Waals surface area contributed by atoms with E-state index in [2.05, 4.69) is 20.9 Å². The van der Waals surface area contributed by atoms with Crippen molar-refractivity contribution in [1.82, 2.24) is 20.9 Å². The number of benzene rings is 1. The van der Waals surface area contributed by atoms with Crippen LogP contribution in [0, 0.1) is 0 Å². The van der Waals surface area contributed by atoms with Crippen molar-refractivity contribution in [3.63, 3.8) is 0 Å². The molecule has 226 valence electrons. The quantitative estimate of drug-likeness (QED) is 0.104.